The number of nitrogens with one attached hydrogen (secondary N) is 1. The van der Waals surface area contributed by atoms with Gasteiger partial charge in [0.25, 0.3) is 10.0 Å². The quantitative estimate of drug-likeness (QED) is 0.201. The van der Waals surface area contributed by atoms with Crippen LogP contribution in [-0.2, 0) is 20.0 Å². The molecule has 0 aliphatic heterocycles. The van der Waals surface area contributed by atoms with Crippen molar-refractivity contribution < 1.29 is 30.0 Å². The van der Waals surface area contributed by atoms with Gasteiger partial charge in [0.15, 0.2) is 0 Å². The fraction of sp³-hybridized carbons (Fsp3) is 0.395. The molecule has 8 nitrogen and oxygen atoms in total. The Bertz CT molecular complexity index is 1950. The van der Waals surface area contributed by atoms with E-state index in [1.807, 2.05) is 54.6 Å². The summed E-state index contributed by atoms with van der Waals surface area (Å²) in [5, 5.41) is 0. The predicted octanol–water partition coefficient (Wildman–Crippen LogP) is 8.16. The first-order valence-electron chi connectivity index (χ1n) is 17.4. The van der Waals surface area contributed by atoms with Gasteiger partial charge in [-0.1, -0.05) is 65.9 Å². The second-order valence-electron chi connectivity index (χ2n) is 12.6. The topological polar surface area (TPSA) is 99.1 Å². The molecule has 274 valence electrons. The van der Waals surface area contributed by atoms with Crippen molar-refractivity contribution in [1.82, 2.24) is 4.13 Å². The minimum atomic E-state index is -6.24. The number of sulfonamides is 2. The third-order valence-corrected chi connectivity index (χ3v) is 12.8. The van der Waals surface area contributed by atoms with E-state index in [-0.39, 0.29) is 17.3 Å². The number of aliphatic imine (C=N–C) groups is 1. The van der Waals surface area contributed by atoms with E-state index in [1.54, 1.807) is 12.1 Å². The number of hydrogen-bond acceptors (Lipinski definition) is 7. The van der Waals surface area contributed by atoms with Crippen molar-refractivity contribution in [2.45, 2.75) is 76.2 Å². The van der Waals surface area contributed by atoms with Gasteiger partial charge in [-0.05, 0) is 105 Å². The summed E-state index contributed by atoms with van der Waals surface area (Å²) in [7, 11) is -11.5. The van der Waals surface area contributed by atoms with Crippen LogP contribution in [-0.4, -0.2) is 60.3 Å². The Balaban J connectivity index is 1.79. The zero-order valence-electron chi connectivity index (χ0n) is 29.4. The molecule has 0 saturated heterocycles. The molecule has 1 N–H and O–H groups in total. The monoisotopic (exact) mass is 742 g/mol. The summed E-state index contributed by atoms with van der Waals surface area (Å²) in [6.07, 6.45) is 8.09. The summed E-state index contributed by atoms with van der Waals surface area (Å²) in [5.74, 6) is 0. The normalized spacial score (nSPS) is 16.3. The fourth-order valence-electron chi connectivity index (χ4n) is 6.88. The van der Waals surface area contributed by atoms with Crippen LogP contribution in [0, 0.1) is 0 Å². The van der Waals surface area contributed by atoms with E-state index in [4.69, 9.17) is 4.99 Å². The van der Waals surface area contributed by atoms with E-state index in [1.165, 1.54) is 6.07 Å². The van der Waals surface area contributed by atoms with Gasteiger partial charge in [-0.15, -0.1) is 0 Å². The second-order valence-corrected chi connectivity index (χ2v) is 16.2. The van der Waals surface area contributed by atoms with Gasteiger partial charge >= 0.3 is 15.5 Å². The molecule has 0 heterocycles. The van der Waals surface area contributed by atoms with Crippen molar-refractivity contribution in [2.75, 3.05) is 36.0 Å². The number of nitrogens with zero attached hydrogens (tertiary/aromatic N) is 3. The average molecular weight is 743 g/mol. The summed E-state index contributed by atoms with van der Waals surface area (Å²) in [4.78, 5) is 8.77. The van der Waals surface area contributed by atoms with Crippen LogP contribution in [0.1, 0.15) is 82.1 Å². The molecule has 0 atom stereocenters. The minimum Gasteiger partial charge on any atom is -0.372 e. The van der Waals surface area contributed by atoms with Gasteiger partial charge in [-0.2, -0.15) is 13.2 Å². The van der Waals surface area contributed by atoms with Crippen LogP contribution >= 0.6 is 0 Å². The summed E-state index contributed by atoms with van der Waals surface area (Å²) in [6, 6.07) is 20.3. The first-order chi connectivity index (χ1) is 24.2. The van der Waals surface area contributed by atoms with E-state index >= 15 is 0 Å². The standard InChI is InChI=1S/C38H45F3N4O4S2/c1-5-44(6-2)30-21-17-27(18-22-30)36(28-19-23-31(24-20-28)45(7-3)8-4)33-25-26-34(42-29-13-10-9-11-14-29)37-32(33)15-12-16-35(37)50(46,47)43-51(48,49)38(39,40)41/h12,15-26,29,43H,5-11,13-14H2,1-4H3. The van der Waals surface area contributed by atoms with Crippen molar-refractivity contribution in [3.63, 3.8) is 0 Å². The Hall–Kier alpha value is -3.94. The summed E-state index contributed by atoms with van der Waals surface area (Å²) < 4.78 is 92.7. The highest BCUT2D eigenvalue weighted by Gasteiger charge is 2.49. The lowest BCUT2D eigenvalue weighted by Gasteiger charge is -2.26. The van der Waals surface area contributed by atoms with Gasteiger partial charge in [0, 0.05) is 43.1 Å². The second kappa shape index (κ2) is 15.7. The van der Waals surface area contributed by atoms with E-state index < -0.39 is 30.5 Å². The van der Waals surface area contributed by atoms with E-state index in [0.717, 1.165) is 96.6 Å². The van der Waals surface area contributed by atoms with Gasteiger partial charge in [-0.3, -0.25) is 4.99 Å². The number of anilines is 2. The molecule has 0 radical (unpaired) electrons. The molecule has 0 amide bonds. The van der Waals surface area contributed by atoms with E-state index in [9.17, 15) is 30.0 Å². The number of benzene rings is 3. The highest BCUT2D eigenvalue weighted by atomic mass is 32.3. The Morgan fingerprint density at radius 3 is 1.73 bits per heavy atom. The molecule has 1 saturated carbocycles. The molecule has 1 fully saturated rings. The maximum absolute atomic E-state index is 13.6. The van der Waals surface area contributed by atoms with Gasteiger partial charge in [0.2, 0.25) is 0 Å². The molecular weight excluding hydrogens is 698 g/mol. The molecule has 3 aromatic carbocycles. The lowest BCUT2D eigenvalue weighted by molar-refractivity contribution is -0.0441. The van der Waals surface area contributed by atoms with Crippen molar-refractivity contribution in [3.8, 4) is 0 Å². The fourth-order valence-corrected chi connectivity index (χ4v) is 9.51. The number of allylic oxidation sites excluding steroid dienone is 3. The highest BCUT2D eigenvalue weighted by Crippen LogP contribution is 2.41. The van der Waals surface area contributed by atoms with Crippen molar-refractivity contribution >= 4 is 48.3 Å². The lowest BCUT2D eigenvalue weighted by Crippen LogP contribution is -2.40. The third kappa shape index (κ3) is 8.26. The molecule has 0 aromatic heterocycles. The zero-order valence-corrected chi connectivity index (χ0v) is 31.0. The van der Waals surface area contributed by atoms with Crippen LogP contribution in [0.25, 0.3) is 11.1 Å². The van der Waals surface area contributed by atoms with Gasteiger partial charge in [-0.25, -0.2) is 16.8 Å². The van der Waals surface area contributed by atoms with Gasteiger partial charge < -0.3 is 9.80 Å². The van der Waals surface area contributed by atoms with E-state index in [2.05, 4.69) is 37.5 Å². The van der Waals surface area contributed by atoms with Crippen LogP contribution in [0.3, 0.4) is 0 Å². The Morgan fingerprint density at radius 1 is 0.745 bits per heavy atom. The van der Waals surface area contributed by atoms with Crippen LogP contribution < -0.4 is 13.9 Å². The Morgan fingerprint density at radius 2 is 1.25 bits per heavy atom. The largest absolute Gasteiger partial charge is 0.512 e. The van der Waals surface area contributed by atoms with Crippen molar-refractivity contribution in [1.29, 1.82) is 0 Å². The number of alkyl halides is 3. The molecule has 51 heavy (non-hydrogen) atoms. The smallest absolute Gasteiger partial charge is 0.372 e. The molecule has 0 spiro atoms. The molecular formula is C38H45F3N4O4S2. The molecule has 0 unspecified atom stereocenters. The number of hydrogen-bond donors (Lipinski definition) is 1. The molecule has 2 aliphatic carbocycles. The first kappa shape index (κ1) is 38.3. The summed E-state index contributed by atoms with van der Waals surface area (Å²) >= 11 is 0. The van der Waals surface area contributed by atoms with Crippen LogP contribution in [0.5, 0.6) is 0 Å². The van der Waals surface area contributed by atoms with Gasteiger partial charge in [0.05, 0.1) is 16.6 Å². The predicted molar refractivity (Wildman–Crippen MR) is 200 cm³/mol. The Kier molecular flexibility index (Phi) is 11.8. The SMILES string of the molecule is CCN(CC)c1ccc(C(=C2C=CC(=NC3CCCCC3)c3c2cccc3S(=O)(=O)NS(=O)(=O)C(F)(F)F)c2ccc(N(CC)CC)cc2)cc1. The molecule has 0 bridgehead atoms. The number of fused-ring (bicyclic) bond motifs is 1. The maximum Gasteiger partial charge on any atom is 0.512 e. The number of halogens is 3. The van der Waals surface area contributed by atoms with Crippen molar-refractivity contribution in [3.05, 3.63) is 101 Å². The first-order valence-corrected chi connectivity index (χ1v) is 20.4. The summed E-state index contributed by atoms with van der Waals surface area (Å²) in [5.41, 5.74) is 0.0591. The molecule has 3 aromatic rings. The number of rotatable bonds is 12. The zero-order chi connectivity index (χ0) is 37.0. The minimum absolute atomic E-state index is 0.0578. The molecule has 5 rings (SSSR count). The maximum atomic E-state index is 13.6. The van der Waals surface area contributed by atoms with Crippen LogP contribution in [0.15, 0.2) is 88.8 Å². The molecule has 2 aliphatic rings. The average Bonchev–Trinajstić information content (AvgIpc) is 3.11. The highest BCUT2D eigenvalue weighted by molar-refractivity contribution is 8.05. The molecule has 13 heteroatoms. The third-order valence-electron chi connectivity index (χ3n) is 9.53. The van der Waals surface area contributed by atoms with Crippen LogP contribution in [0.2, 0.25) is 0 Å². The van der Waals surface area contributed by atoms with E-state index in [0.29, 0.717) is 11.1 Å². The van der Waals surface area contributed by atoms with Crippen molar-refractivity contribution in [2.24, 2.45) is 4.99 Å². The van der Waals surface area contributed by atoms with Crippen LogP contribution in [0.4, 0.5) is 24.5 Å². The Labute approximate surface area is 299 Å². The van der Waals surface area contributed by atoms with Gasteiger partial charge in [0.1, 0.15) is 0 Å². The summed E-state index contributed by atoms with van der Waals surface area (Å²) in [6.45, 7) is 11.6. The lowest BCUT2D eigenvalue weighted by atomic mass is 9.83.